The summed E-state index contributed by atoms with van der Waals surface area (Å²) in [4.78, 5) is 0. The Morgan fingerprint density at radius 3 is 2.43 bits per heavy atom. The standard InChI is InChI=1S/C19H16O2/c1-19(21)17-8-6-14-10-12-4-2-3-5-13(12)11-16(14)15(17)7-9-18(19)20/h2-11,18,20-21H,1H3/t18-,19-/m0/s1. The van der Waals surface area contributed by atoms with Crippen LogP contribution in [-0.4, -0.2) is 16.3 Å². The summed E-state index contributed by atoms with van der Waals surface area (Å²) in [5, 5.41) is 25.2. The Morgan fingerprint density at radius 2 is 1.67 bits per heavy atom. The van der Waals surface area contributed by atoms with E-state index in [9.17, 15) is 10.2 Å². The summed E-state index contributed by atoms with van der Waals surface area (Å²) in [6.07, 6.45) is 2.70. The van der Waals surface area contributed by atoms with Crippen molar-refractivity contribution < 1.29 is 10.2 Å². The molecule has 1 aliphatic carbocycles. The van der Waals surface area contributed by atoms with Gasteiger partial charge in [0.15, 0.2) is 0 Å². The highest BCUT2D eigenvalue weighted by Gasteiger charge is 2.35. The lowest BCUT2D eigenvalue weighted by Crippen LogP contribution is -2.37. The van der Waals surface area contributed by atoms with Crippen molar-refractivity contribution in [1.82, 2.24) is 0 Å². The van der Waals surface area contributed by atoms with Crippen molar-refractivity contribution in [3.63, 3.8) is 0 Å². The summed E-state index contributed by atoms with van der Waals surface area (Å²) in [6, 6.07) is 16.5. The van der Waals surface area contributed by atoms with Gasteiger partial charge in [0, 0.05) is 0 Å². The summed E-state index contributed by atoms with van der Waals surface area (Å²) in [5.41, 5.74) is 0.526. The molecule has 3 aromatic carbocycles. The lowest BCUT2D eigenvalue weighted by molar-refractivity contribution is -0.0435. The highest BCUT2D eigenvalue weighted by molar-refractivity contribution is 6.02. The number of hydrogen-bond donors (Lipinski definition) is 2. The zero-order valence-corrected chi connectivity index (χ0v) is 11.7. The minimum atomic E-state index is -1.25. The average molecular weight is 276 g/mol. The van der Waals surface area contributed by atoms with Gasteiger partial charge in [0.25, 0.3) is 0 Å². The number of benzene rings is 3. The molecule has 2 N–H and O–H groups in total. The third kappa shape index (κ3) is 1.73. The van der Waals surface area contributed by atoms with Crippen LogP contribution >= 0.6 is 0 Å². The SMILES string of the molecule is C[C@]1(O)c2ccc3cc4ccccc4cc3c2C=C[C@@H]1O. The molecule has 0 radical (unpaired) electrons. The van der Waals surface area contributed by atoms with Gasteiger partial charge < -0.3 is 10.2 Å². The second kappa shape index (κ2) is 4.17. The second-order valence-corrected chi connectivity index (χ2v) is 5.90. The van der Waals surface area contributed by atoms with Crippen LogP contribution in [0.3, 0.4) is 0 Å². The fraction of sp³-hybridized carbons (Fsp3) is 0.158. The molecule has 0 fully saturated rings. The molecule has 0 bridgehead atoms. The van der Waals surface area contributed by atoms with E-state index in [-0.39, 0.29) is 0 Å². The van der Waals surface area contributed by atoms with Gasteiger partial charge in [0.05, 0.1) is 0 Å². The zero-order chi connectivity index (χ0) is 14.6. The molecule has 0 spiro atoms. The third-order valence-corrected chi connectivity index (χ3v) is 4.49. The van der Waals surface area contributed by atoms with Gasteiger partial charge in [-0.05, 0) is 51.7 Å². The van der Waals surface area contributed by atoms with Crippen molar-refractivity contribution in [2.75, 3.05) is 0 Å². The number of rotatable bonds is 0. The molecular weight excluding hydrogens is 260 g/mol. The fourth-order valence-electron chi connectivity index (χ4n) is 3.19. The summed E-state index contributed by atoms with van der Waals surface area (Å²) < 4.78 is 0. The van der Waals surface area contributed by atoms with Crippen molar-refractivity contribution in [2.45, 2.75) is 18.6 Å². The number of hydrogen-bond acceptors (Lipinski definition) is 2. The van der Waals surface area contributed by atoms with Crippen molar-refractivity contribution in [3.05, 3.63) is 65.7 Å². The number of aliphatic hydroxyl groups excluding tert-OH is 1. The Balaban J connectivity index is 2.11. The summed E-state index contributed by atoms with van der Waals surface area (Å²) in [5.74, 6) is 0. The molecule has 104 valence electrons. The Bertz CT molecular complexity index is 891. The quantitative estimate of drug-likeness (QED) is 0.616. The Hall–Kier alpha value is -2.16. The molecule has 2 nitrogen and oxygen atoms in total. The maximum Gasteiger partial charge on any atom is 0.117 e. The Labute approximate surface area is 123 Å². The molecule has 1 aliphatic rings. The van der Waals surface area contributed by atoms with E-state index in [4.69, 9.17) is 0 Å². The molecule has 3 aromatic rings. The van der Waals surface area contributed by atoms with E-state index in [1.807, 2.05) is 30.3 Å². The minimum absolute atomic E-state index is 0.778. The Morgan fingerprint density at radius 1 is 0.952 bits per heavy atom. The van der Waals surface area contributed by atoms with E-state index in [1.54, 1.807) is 13.0 Å². The first-order chi connectivity index (χ1) is 10.1. The van der Waals surface area contributed by atoms with Crippen molar-refractivity contribution in [2.24, 2.45) is 0 Å². The average Bonchev–Trinajstić information content (AvgIpc) is 2.48. The van der Waals surface area contributed by atoms with E-state index in [0.29, 0.717) is 0 Å². The first-order valence-corrected chi connectivity index (χ1v) is 7.12. The maximum atomic E-state index is 10.6. The molecular formula is C19H16O2. The van der Waals surface area contributed by atoms with Gasteiger partial charge in [0.2, 0.25) is 0 Å². The third-order valence-electron chi connectivity index (χ3n) is 4.49. The van der Waals surface area contributed by atoms with Crippen LogP contribution in [0.2, 0.25) is 0 Å². The van der Waals surface area contributed by atoms with Crippen LogP contribution in [-0.2, 0) is 5.60 Å². The van der Waals surface area contributed by atoms with E-state index in [1.165, 1.54) is 10.8 Å². The molecule has 4 rings (SSSR count). The van der Waals surface area contributed by atoms with E-state index in [2.05, 4.69) is 24.3 Å². The van der Waals surface area contributed by atoms with E-state index in [0.717, 1.165) is 21.9 Å². The normalized spacial score (nSPS) is 24.4. The first kappa shape index (κ1) is 12.6. The van der Waals surface area contributed by atoms with Crippen LogP contribution in [0.25, 0.3) is 27.6 Å². The van der Waals surface area contributed by atoms with Gasteiger partial charge in [0.1, 0.15) is 11.7 Å². The second-order valence-electron chi connectivity index (χ2n) is 5.90. The van der Waals surface area contributed by atoms with Gasteiger partial charge in [-0.2, -0.15) is 0 Å². The van der Waals surface area contributed by atoms with Gasteiger partial charge in [-0.15, -0.1) is 0 Å². The maximum absolute atomic E-state index is 10.6. The lowest BCUT2D eigenvalue weighted by Gasteiger charge is -2.33. The largest absolute Gasteiger partial charge is 0.386 e. The molecule has 0 unspecified atom stereocenters. The van der Waals surface area contributed by atoms with E-state index >= 15 is 0 Å². The van der Waals surface area contributed by atoms with Crippen LogP contribution in [0.4, 0.5) is 0 Å². The minimum Gasteiger partial charge on any atom is -0.386 e. The Kier molecular flexibility index (Phi) is 2.49. The molecule has 0 heterocycles. The first-order valence-electron chi connectivity index (χ1n) is 7.12. The van der Waals surface area contributed by atoms with Gasteiger partial charge in [-0.3, -0.25) is 0 Å². The predicted octanol–water partition coefficient (Wildman–Crippen LogP) is 3.59. The zero-order valence-electron chi connectivity index (χ0n) is 11.7. The summed E-state index contributed by atoms with van der Waals surface area (Å²) >= 11 is 0. The van der Waals surface area contributed by atoms with Crippen LogP contribution in [0.1, 0.15) is 18.1 Å². The van der Waals surface area contributed by atoms with E-state index < -0.39 is 11.7 Å². The molecule has 2 heteroatoms. The summed E-state index contributed by atoms with van der Waals surface area (Å²) in [7, 11) is 0. The molecule has 21 heavy (non-hydrogen) atoms. The molecule has 0 aromatic heterocycles. The van der Waals surface area contributed by atoms with Crippen LogP contribution in [0, 0.1) is 0 Å². The molecule has 0 aliphatic heterocycles. The summed E-state index contributed by atoms with van der Waals surface area (Å²) in [6.45, 7) is 1.66. The van der Waals surface area contributed by atoms with Gasteiger partial charge in [-0.25, -0.2) is 0 Å². The van der Waals surface area contributed by atoms with Crippen molar-refractivity contribution in [1.29, 1.82) is 0 Å². The number of fused-ring (bicyclic) bond motifs is 4. The topological polar surface area (TPSA) is 40.5 Å². The van der Waals surface area contributed by atoms with Crippen LogP contribution in [0.15, 0.2) is 54.6 Å². The fourth-order valence-corrected chi connectivity index (χ4v) is 3.19. The van der Waals surface area contributed by atoms with Crippen molar-refractivity contribution >= 4 is 27.6 Å². The van der Waals surface area contributed by atoms with Crippen LogP contribution in [0.5, 0.6) is 0 Å². The van der Waals surface area contributed by atoms with Crippen LogP contribution < -0.4 is 0 Å². The van der Waals surface area contributed by atoms with Gasteiger partial charge >= 0.3 is 0 Å². The number of aliphatic hydroxyl groups is 2. The molecule has 2 atom stereocenters. The highest BCUT2D eigenvalue weighted by Crippen LogP contribution is 2.38. The molecule has 0 saturated heterocycles. The smallest absolute Gasteiger partial charge is 0.117 e. The molecule has 0 saturated carbocycles. The van der Waals surface area contributed by atoms with Gasteiger partial charge in [-0.1, -0.05) is 48.6 Å². The van der Waals surface area contributed by atoms with Crippen molar-refractivity contribution in [3.8, 4) is 0 Å². The highest BCUT2D eigenvalue weighted by atomic mass is 16.3. The molecule has 0 amide bonds. The predicted molar refractivity (Wildman–Crippen MR) is 86.1 cm³/mol. The lowest BCUT2D eigenvalue weighted by atomic mass is 9.80. The monoisotopic (exact) mass is 276 g/mol.